The van der Waals surface area contributed by atoms with Gasteiger partial charge < -0.3 is 20.5 Å². The minimum atomic E-state index is 0.425. The maximum Gasteiger partial charge on any atom is 0.212 e. The number of hydrogen-bond donors (Lipinski definition) is 3. The van der Waals surface area contributed by atoms with E-state index in [-0.39, 0.29) is 0 Å². The Kier molecular flexibility index (Phi) is 9.26. The monoisotopic (exact) mass is 476 g/mol. The van der Waals surface area contributed by atoms with Crippen LogP contribution in [-0.4, -0.2) is 47.1 Å². The maximum absolute atomic E-state index is 11.1. The fraction of sp³-hybridized carbons (Fsp3) is 0.536. The Morgan fingerprint density at radius 2 is 1.89 bits per heavy atom. The molecule has 35 heavy (non-hydrogen) atoms. The molecule has 1 aromatic carbocycles. The number of nitrogens with zero attached hydrogens (tertiary/aromatic N) is 3. The Hall–Kier alpha value is -2.77. The predicted molar refractivity (Wildman–Crippen MR) is 143 cm³/mol. The van der Waals surface area contributed by atoms with Gasteiger partial charge in [0.25, 0.3) is 0 Å². The number of amides is 1. The van der Waals surface area contributed by atoms with Crippen LogP contribution in [0.1, 0.15) is 56.7 Å². The number of carbonyl (C=O) groups excluding carboxylic acids is 1. The van der Waals surface area contributed by atoms with E-state index in [4.69, 9.17) is 0 Å². The van der Waals surface area contributed by atoms with Gasteiger partial charge in [-0.2, -0.15) is 0 Å². The predicted octanol–water partition coefficient (Wildman–Crippen LogP) is 4.35. The van der Waals surface area contributed by atoms with Crippen molar-refractivity contribution in [3.8, 4) is 0 Å². The van der Waals surface area contributed by atoms with Crippen molar-refractivity contribution in [1.29, 1.82) is 0 Å². The quantitative estimate of drug-likeness (QED) is 0.238. The summed E-state index contributed by atoms with van der Waals surface area (Å²) in [7, 11) is 0. The van der Waals surface area contributed by atoms with Crippen molar-refractivity contribution in [3.63, 3.8) is 0 Å². The summed E-state index contributed by atoms with van der Waals surface area (Å²) in [6, 6.07) is 11.1. The molecule has 1 aliphatic rings. The van der Waals surface area contributed by atoms with Gasteiger partial charge in [0.05, 0.1) is 5.39 Å². The average molecular weight is 477 g/mol. The molecule has 3 aromatic rings. The molecule has 2 heterocycles. The van der Waals surface area contributed by atoms with Gasteiger partial charge in [0.15, 0.2) is 0 Å². The van der Waals surface area contributed by atoms with Crippen LogP contribution < -0.4 is 16.0 Å². The molecular formula is C28H40N6O. The summed E-state index contributed by atoms with van der Waals surface area (Å²) in [5.74, 6) is 1.87. The topological polar surface area (TPSA) is 83.9 Å². The highest BCUT2D eigenvalue weighted by atomic mass is 16.1. The van der Waals surface area contributed by atoms with Gasteiger partial charge in [0.1, 0.15) is 17.8 Å². The molecule has 0 aliphatic heterocycles. The van der Waals surface area contributed by atoms with Crippen molar-refractivity contribution in [1.82, 2.24) is 25.2 Å². The van der Waals surface area contributed by atoms with Crippen molar-refractivity contribution in [3.05, 3.63) is 54.0 Å². The van der Waals surface area contributed by atoms with Crippen LogP contribution in [0, 0.1) is 11.8 Å². The van der Waals surface area contributed by atoms with E-state index in [1.165, 1.54) is 17.5 Å². The summed E-state index contributed by atoms with van der Waals surface area (Å²) in [6.07, 6.45) is 11.1. The SMILES string of the molecule is CCCc1cn([C@@H]2C[C@H](CNCCCNCCc3ccccc3)C[C@H]2C)c2ncnc(NC=O)c12. The van der Waals surface area contributed by atoms with Gasteiger partial charge in [-0.1, -0.05) is 50.6 Å². The van der Waals surface area contributed by atoms with Gasteiger partial charge >= 0.3 is 0 Å². The number of aryl methyl sites for hydroxylation is 1. The maximum atomic E-state index is 11.1. The van der Waals surface area contributed by atoms with Crippen molar-refractivity contribution >= 4 is 23.3 Å². The van der Waals surface area contributed by atoms with Gasteiger partial charge in [0.2, 0.25) is 6.41 Å². The van der Waals surface area contributed by atoms with E-state index in [2.05, 4.69) is 80.9 Å². The second-order valence-electron chi connectivity index (χ2n) is 9.92. The Morgan fingerprint density at radius 1 is 1.06 bits per heavy atom. The fourth-order valence-corrected chi connectivity index (χ4v) is 5.59. The molecule has 2 aromatic heterocycles. The van der Waals surface area contributed by atoms with Crippen LogP contribution in [0.25, 0.3) is 11.0 Å². The molecule has 188 valence electrons. The number of fused-ring (bicyclic) bond motifs is 1. The first-order chi connectivity index (χ1) is 17.2. The van der Waals surface area contributed by atoms with E-state index in [0.29, 0.717) is 30.1 Å². The molecule has 1 aliphatic carbocycles. The fourth-order valence-electron chi connectivity index (χ4n) is 5.59. The summed E-state index contributed by atoms with van der Waals surface area (Å²) in [5, 5.41) is 11.0. The zero-order valence-corrected chi connectivity index (χ0v) is 21.2. The Balaban J connectivity index is 1.25. The third kappa shape index (κ3) is 6.47. The standard InChI is InChI=1S/C28H40N6O/c1-3-8-24-18-34(28-26(24)27(33-20-35)31-19-32-28)25-16-23(15-21(25)2)17-30-13-7-12-29-14-11-22-9-5-4-6-10-22/h4-6,9-10,18-21,23,25,29-30H,3,7-8,11-17H2,1-2H3,(H,31,32,33,35)/t21-,23-,25-/m1/s1. The summed E-state index contributed by atoms with van der Waals surface area (Å²) >= 11 is 0. The Bertz CT molecular complexity index is 1070. The lowest BCUT2D eigenvalue weighted by Gasteiger charge is -2.18. The van der Waals surface area contributed by atoms with Crippen molar-refractivity contribution < 1.29 is 4.79 Å². The lowest BCUT2D eigenvalue weighted by Crippen LogP contribution is -2.26. The molecule has 0 spiro atoms. The molecule has 3 N–H and O–H groups in total. The molecule has 0 bridgehead atoms. The van der Waals surface area contributed by atoms with Crippen molar-refractivity contribution in [2.75, 3.05) is 31.5 Å². The van der Waals surface area contributed by atoms with E-state index in [1.807, 2.05) is 0 Å². The van der Waals surface area contributed by atoms with Crippen LogP contribution >= 0.6 is 0 Å². The number of anilines is 1. The first-order valence-corrected chi connectivity index (χ1v) is 13.2. The number of nitrogens with one attached hydrogen (secondary N) is 3. The van der Waals surface area contributed by atoms with Crippen LogP contribution in [0.5, 0.6) is 0 Å². The molecule has 1 fully saturated rings. The zero-order valence-electron chi connectivity index (χ0n) is 21.2. The molecule has 0 saturated heterocycles. The lowest BCUT2D eigenvalue weighted by molar-refractivity contribution is -0.105. The van der Waals surface area contributed by atoms with E-state index in [1.54, 1.807) is 6.33 Å². The highest BCUT2D eigenvalue weighted by molar-refractivity contribution is 5.94. The third-order valence-corrected chi connectivity index (χ3v) is 7.27. The highest BCUT2D eigenvalue weighted by Crippen LogP contribution is 2.42. The van der Waals surface area contributed by atoms with Crippen LogP contribution in [0.3, 0.4) is 0 Å². The highest BCUT2D eigenvalue weighted by Gasteiger charge is 2.33. The van der Waals surface area contributed by atoms with Crippen LogP contribution in [0.2, 0.25) is 0 Å². The van der Waals surface area contributed by atoms with Gasteiger partial charge in [-0.25, -0.2) is 9.97 Å². The second-order valence-corrected chi connectivity index (χ2v) is 9.92. The van der Waals surface area contributed by atoms with Crippen molar-refractivity contribution in [2.45, 2.75) is 58.4 Å². The van der Waals surface area contributed by atoms with Gasteiger partial charge in [-0.15, -0.1) is 0 Å². The third-order valence-electron chi connectivity index (χ3n) is 7.27. The van der Waals surface area contributed by atoms with Crippen LogP contribution in [-0.2, 0) is 17.6 Å². The first-order valence-electron chi connectivity index (χ1n) is 13.2. The van der Waals surface area contributed by atoms with Crippen LogP contribution in [0.4, 0.5) is 5.82 Å². The Morgan fingerprint density at radius 3 is 2.69 bits per heavy atom. The second kappa shape index (κ2) is 12.8. The zero-order chi connectivity index (χ0) is 24.5. The number of benzene rings is 1. The number of aromatic nitrogens is 3. The summed E-state index contributed by atoms with van der Waals surface area (Å²) in [6.45, 7) is 8.74. The van der Waals surface area contributed by atoms with Gasteiger partial charge in [-0.3, -0.25) is 4.79 Å². The summed E-state index contributed by atoms with van der Waals surface area (Å²) in [5.41, 5.74) is 3.56. The number of rotatable bonds is 14. The molecule has 7 heteroatoms. The van der Waals surface area contributed by atoms with Crippen molar-refractivity contribution in [2.24, 2.45) is 11.8 Å². The number of hydrogen-bond acceptors (Lipinski definition) is 5. The minimum Gasteiger partial charge on any atom is -0.329 e. The molecule has 1 amide bonds. The van der Waals surface area contributed by atoms with E-state index in [9.17, 15) is 4.79 Å². The average Bonchev–Trinajstić information content (AvgIpc) is 3.42. The molecule has 0 unspecified atom stereocenters. The van der Waals surface area contributed by atoms with Gasteiger partial charge in [0, 0.05) is 12.2 Å². The molecule has 3 atom stereocenters. The van der Waals surface area contributed by atoms with E-state index >= 15 is 0 Å². The summed E-state index contributed by atoms with van der Waals surface area (Å²) in [4.78, 5) is 20.1. The first kappa shape index (κ1) is 25.3. The van der Waals surface area contributed by atoms with Crippen LogP contribution in [0.15, 0.2) is 42.9 Å². The molecule has 7 nitrogen and oxygen atoms in total. The normalized spacial score (nSPS) is 19.9. The molecular weight excluding hydrogens is 436 g/mol. The van der Waals surface area contributed by atoms with E-state index < -0.39 is 0 Å². The Labute approximate surface area is 209 Å². The molecule has 1 saturated carbocycles. The number of carbonyl (C=O) groups is 1. The van der Waals surface area contributed by atoms with E-state index in [0.717, 1.165) is 69.3 Å². The van der Waals surface area contributed by atoms with Gasteiger partial charge in [-0.05, 0) is 81.2 Å². The minimum absolute atomic E-state index is 0.425. The molecule has 4 rings (SSSR count). The summed E-state index contributed by atoms with van der Waals surface area (Å²) < 4.78 is 2.36. The largest absolute Gasteiger partial charge is 0.329 e. The smallest absolute Gasteiger partial charge is 0.212 e. The lowest BCUT2D eigenvalue weighted by atomic mass is 10.1. The molecule has 0 radical (unpaired) electrons.